The van der Waals surface area contributed by atoms with Crippen molar-refractivity contribution in [3.05, 3.63) is 142 Å². The zero-order valence-electron chi connectivity index (χ0n) is 23.2. The van der Waals surface area contributed by atoms with Crippen molar-refractivity contribution in [1.29, 1.82) is 0 Å². The SMILES string of the molecule is O=c1c2ccccc2c2ccc3c4c2n1c1ccc2c5ccccc5c(=O)n5c6cccc(c6n4c1c25)n3-c1ccccc1. The summed E-state index contributed by atoms with van der Waals surface area (Å²) in [4.78, 5) is 29.0. The molecule has 5 aromatic heterocycles. The zero-order valence-corrected chi connectivity index (χ0v) is 23.2. The van der Waals surface area contributed by atoms with E-state index in [-0.39, 0.29) is 11.1 Å². The minimum absolute atomic E-state index is 0.0673. The van der Waals surface area contributed by atoms with E-state index in [0.717, 1.165) is 76.9 Å². The van der Waals surface area contributed by atoms with Gasteiger partial charge in [0.15, 0.2) is 0 Å². The van der Waals surface area contributed by atoms with Crippen molar-refractivity contribution >= 4 is 82.0 Å². The lowest BCUT2D eigenvalue weighted by Gasteiger charge is -2.27. The summed E-state index contributed by atoms with van der Waals surface area (Å²) in [5.41, 5.74) is 8.86. The molecule has 0 fully saturated rings. The van der Waals surface area contributed by atoms with Crippen LogP contribution in [0.25, 0.3) is 87.7 Å². The summed E-state index contributed by atoms with van der Waals surface area (Å²) in [5, 5.41) is 5.17. The van der Waals surface area contributed by atoms with Gasteiger partial charge >= 0.3 is 0 Å². The number of rotatable bonds is 1. The number of benzene rings is 6. The summed E-state index contributed by atoms with van der Waals surface area (Å²) in [5.74, 6) is 0. The minimum atomic E-state index is -0.0681. The topological polar surface area (TPSA) is 52.3 Å². The third-order valence-electron chi connectivity index (χ3n) is 9.65. The molecule has 11 aromatic rings. The molecule has 11 rings (SSSR count). The lowest BCUT2D eigenvalue weighted by molar-refractivity contribution is 1.08. The summed E-state index contributed by atoms with van der Waals surface area (Å²) < 4.78 is 8.34. The van der Waals surface area contributed by atoms with Gasteiger partial charge in [-0.15, -0.1) is 0 Å². The highest BCUT2D eigenvalue weighted by Gasteiger charge is 2.27. The maximum atomic E-state index is 14.5. The van der Waals surface area contributed by atoms with Gasteiger partial charge in [-0.25, -0.2) is 0 Å². The summed E-state index contributed by atoms with van der Waals surface area (Å²) in [6.07, 6.45) is 0. The van der Waals surface area contributed by atoms with Crippen molar-refractivity contribution in [3.63, 3.8) is 0 Å². The third-order valence-corrected chi connectivity index (χ3v) is 9.65. The van der Waals surface area contributed by atoms with Crippen LogP contribution in [0.15, 0.2) is 131 Å². The molecule has 0 bridgehead atoms. The number of pyridine rings is 2. The monoisotopic (exact) mass is 564 g/mol. The predicted molar refractivity (Wildman–Crippen MR) is 179 cm³/mol. The first-order chi connectivity index (χ1) is 21.7. The van der Waals surface area contributed by atoms with E-state index in [1.807, 2.05) is 87.7 Å². The molecule has 44 heavy (non-hydrogen) atoms. The molecule has 0 saturated heterocycles. The van der Waals surface area contributed by atoms with E-state index < -0.39 is 0 Å². The molecule has 0 spiro atoms. The number of para-hydroxylation sites is 2. The first-order valence-corrected chi connectivity index (χ1v) is 14.7. The van der Waals surface area contributed by atoms with Gasteiger partial charge in [-0.1, -0.05) is 60.7 Å². The van der Waals surface area contributed by atoms with Crippen molar-refractivity contribution in [2.45, 2.75) is 0 Å². The molecule has 0 unspecified atom stereocenters. The van der Waals surface area contributed by atoms with E-state index in [4.69, 9.17) is 0 Å². The second-order valence-corrected chi connectivity index (χ2v) is 11.7. The normalized spacial score (nSPS) is 12.7. The highest BCUT2D eigenvalue weighted by atomic mass is 16.1. The molecule has 0 N–H and O–H groups in total. The summed E-state index contributed by atoms with van der Waals surface area (Å²) >= 11 is 0. The van der Waals surface area contributed by atoms with Crippen molar-refractivity contribution in [2.75, 3.05) is 0 Å². The summed E-state index contributed by atoms with van der Waals surface area (Å²) in [7, 11) is 0. The third kappa shape index (κ3) is 2.36. The molecule has 0 atom stereocenters. The van der Waals surface area contributed by atoms with Gasteiger partial charge in [-0.3, -0.25) is 22.8 Å². The van der Waals surface area contributed by atoms with Gasteiger partial charge in [-0.2, -0.15) is 0 Å². The predicted octanol–water partition coefficient (Wildman–Crippen LogP) is 7.75. The van der Waals surface area contributed by atoms with Crippen molar-refractivity contribution in [1.82, 2.24) is 17.8 Å². The Bertz CT molecular complexity index is 3140. The van der Waals surface area contributed by atoms with E-state index in [9.17, 15) is 9.59 Å². The van der Waals surface area contributed by atoms with Crippen molar-refractivity contribution < 1.29 is 0 Å². The largest absolute Gasteiger partial charge is 0.306 e. The molecule has 0 radical (unpaired) electrons. The molecular formula is C38H20N4O2. The van der Waals surface area contributed by atoms with Gasteiger partial charge in [0.2, 0.25) is 0 Å². The number of aromatic nitrogens is 4. The Labute approximate surface area is 247 Å². The highest BCUT2D eigenvalue weighted by Crippen LogP contribution is 2.42. The Morgan fingerprint density at radius 1 is 0.318 bits per heavy atom. The lowest BCUT2D eigenvalue weighted by atomic mass is 10.00. The van der Waals surface area contributed by atoms with Crippen LogP contribution < -0.4 is 11.1 Å². The van der Waals surface area contributed by atoms with E-state index >= 15 is 0 Å². The maximum absolute atomic E-state index is 14.5. The molecule has 0 aliphatic carbocycles. The van der Waals surface area contributed by atoms with Crippen LogP contribution in [0.2, 0.25) is 0 Å². The first kappa shape index (κ1) is 22.5. The fourth-order valence-electron chi connectivity index (χ4n) is 7.97. The molecule has 0 aliphatic rings. The smallest absolute Gasteiger partial charge is 0.263 e. The first-order valence-electron chi connectivity index (χ1n) is 14.7. The van der Waals surface area contributed by atoms with Crippen LogP contribution >= 0.6 is 0 Å². The van der Waals surface area contributed by atoms with Crippen LogP contribution in [0.3, 0.4) is 0 Å². The maximum Gasteiger partial charge on any atom is 0.263 e. The van der Waals surface area contributed by atoms with Gasteiger partial charge in [0, 0.05) is 27.2 Å². The molecule has 5 heterocycles. The summed E-state index contributed by atoms with van der Waals surface area (Å²) in [6, 6.07) is 40.6. The molecule has 204 valence electrons. The Morgan fingerprint density at radius 2 is 0.795 bits per heavy atom. The number of fused-ring (bicyclic) bond motifs is 6. The Kier molecular flexibility index (Phi) is 3.79. The van der Waals surface area contributed by atoms with Gasteiger partial charge < -0.3 is 4.57 Å². The summed E-state index contributed by atoms with van der Waals surface area (Å²) in [6.45, 7) is 0. The van der Waals surface area contributed by atoms with Crippen molar-refractivity contribution in [3.8, 4) is 5.69 Å². The standard InChI is InChI=1S/C38H20N4O2/c43-37-26-13-6-4-12-23(26)25-18-20-31-36-33(25)40(37)29-16-8-15-28-34(29)42(36)35-30(39(28)21-9-2-1-3-10-21)19-17-24-22-11-5-7-14-27(22)38(44)41(31)32(24)35/h1-20H. The molecule has 6 aromatic carbocycles. The van der Waals surface area contributed by atoms with E-state index in [2.05, 4.69) is 51.4 Å². The fraction of sp³-hybridized carbons (Fsp3) is 0. The van der Waals surface area contributed by atoms with Gasteiger partial charge in [0.05, 0.1) is 49.7 Å². The number of hydrogen-bond donors (Lipinski definition) is 0. The highest BCUT2D eigenvalue weighted by molar-refractivity contribution is 6.23. The van der Waals surface area contributed by atoms with E-state index in [1.54, 1.807) is 0 Å². The average molecular weight is 565 g/mol. The molecule has 0 saturated carbocycles. The van der Waals surface area contributed by atoms with Crippen LogP contribution in [-0.2, 0) is 0 Å². The second kappa shape index (κ2) is 7.43. The minimum Gasteiger partial charge on any atom is -0.306 e. The fourth-order valence-corrected chi connectivity index (χ4v) is 7.97. The quantitative estimate of drug-likeness (QED) is 0.151. The van der Waals surface area contributed by atoms with Crippen LogP contribution in [0, 0.1) is 0 Å². The molecule has 6 nitrogen and oxygen atoms in total. The number of hydrogen-bond acceptors (Lipinski definition) is 2. The van der Waals surface area contributed by atoms with Crippen molar-refractivity contribution in [2.24, 2.45) is 0 Å². The van der Waals surface area contributed by atoms with Gasteiger partial charge in [-0.05, 0) is 71.4 Å². The molecule has 0 amide bonds. The van der Waals surface area contributed by atoms with Gasteiger partial charge in [0.25, 0.3) is 11.1 Å². The zero-order chi connectivity index (χ0) is 28.8. The average Bonchev–Trinajstić information content (AvgIpc) is 3.08. The van der Waals surface area contributed by atoms with E-state index in [0.29, 0.717) is 10.8 Å². The second-order valence-electron chi connectivity index (χ2n) is 11.7. The molecule has 6 heteroatoms. The lowest BCUT2D eigenvalue weighted by Crippen LogP contribution is -2.22. The Balaban J connectivity index is 1.62. The molecular weight excluding hydrogens is 544 g/mol. The van der Waals surface area contributed by atoms with Crippen LogP contribution in [0.4, 0.5) is 0 Å². The van der Waals surface area contributed by atoms with E-state index in [1.165, 1.54) is 0 Å². The van der Waals surface area contributed by atoms with Crippen LogP contribution in [0.5, 0.6) is 0 Å². The molecule has 0 aliphatic heterocycles. The Morgan fingerprint density at radius 3 is 1.43 bits per heavy atom. The van der Waals surface area contributed by atoms with Crippen LogP contribution in [-0.4, -0.2) is 17.8 Å². The van der Waals surface area contributed by atoms with Gasteiger partial charge in [0.1, 0.15) is 0 Å². The van der Waals surface area contributed by atoms with Crippen LogP contribution in [0.1, 0.15) is 0 Å². The number of nitrogens with zero attached hydrogens (tertiary/aromatic N) is 4. The Hall–Kier alpha value is -6.14.